The smallest absolute Gasteiger partial charge is 0.310 e. The van der Waals surface area contributed by atoms with Gasteiger partial charge < -0.3 is 79.1 Å². The second-order valence-corrected chi connectivity index (χ2v) is 23.5. The van der Waals surface area contributed by atoms with Gasteiger partial charge in [0.2, 0.25) is 0 Å². The van der Waals surface area contributed by atoms with E-state index < -0.39 is 128 Å². The minimum Gasteiger partial charge on any atom is -0.481 e. The Hall–Kier alpha value is -1.88. The van der Waals surface area contributed by atoms with Crippen LogP contribution in [0, 0.1) is 50.2 Å². The van der Waals surface area contributed by atoms with E-state index in [0.29, 0.717) is 19.3 Å². The number of ether oxygens (including phenoxy) is 7. The van der Waals surface area contributed by atoms with Gasteiger partial charge in [0.1, 0.15) is 67.6 Å². The molecule has 3 aliphatic heterocycles. The Labute approximate surface area is 393 Å². The van der Waals surface area contributed by atoms with Gasteiger partial charge in [0, 0.05) is 12.3 Å². The zero-order valence-electron chi connectivity index (χ0n) is 40.4. The first-order valence-electron chi connectivity index (χ1n) is 24.6. The molecular weight excluding hydrogens is 877 g/mol. The number of hydrogen-bond donors (Lipinski definition) is 9. The predicted octanol–water partition coefficient (Wildman–Crippen LogP) is 1.92. The topological polar surface area (TPSA) is 281 Å². The van der Waals surface area contributed by atoms with Gasteiger partial charge in [-0.3, -0.25) is 9.59 Å². The molecule has 5 aliphatic carbocycles. The maximum Gasteiger partial charge on any atom is 0.310 e. The molecule has 4 saturated carbocycles. The molecule has 8 rings (SSSR count). The first kappa shape index (κ1) is 51.5. The number of carboxylic acid groups (broad SMARTS) is 1. The molecule has 23 atom stereocenters. The van der Waals surface area contributed by atoms with Crippen LogP contribution in [0.5, 0.6) is 0 Å². The van der Waals surface area contributed by atoms with Gasteiger partial charge in [-0.15, -0.1) is 0 Å². The van der Waals surface area contributed by atoms with Crippen LogP contribution in [-0.2, 0) is 42.7 Å². The van der Waals surface area contributed by atoms with Crippen LogP contribution >= 0.6 is 0 Å². The molecule has 3 heterocycles. The highest BCUT2D eigenvalue weighted by Crippen LogP contribution is 2.76. The third-order valence-corrected chi connectivity index (χ3v) is 19.4. The van der Waals surface area contributed by atoms with Gasteiger partial charge in [-0.2, -0.15) is 0 Å². The van der Waals surface area contributed by atoms with Gasteiger partial charge in [-0.1, -0.05) is 53.2 Å². The van der Waals surface area contributed by atoms with E-state index in [0.717, 1.165) is 44.9 Å². The zero-order chi connectivity index (χ0) is 49.0. The van der Waals surface area contributed by atoms with Crippen molar-refractivity contribution in [2.75, 3.05) is 19.8 Å². The van der Waals surface area contributed by atoms with Crippen LogP contribution in [0.3, 0.4) is 0 Å². The van der Waals surface area contributed by atoms with Crippen molar-refractivity contribution in [3.63, 3.8) is 0 Å². The average Bonchev–Trinajstić information content (AvgIpc) is 3.26. The summed E-state index contributed by atoms with van der Waals surface area (Å²) >= 11 is 0. The summed E-state index contributed by atoms with van der Waals surface area (Å²) in [5, 5.41) is 98.7. The number of carbonyl (C=O) groups is 2. The van der Waals surface area contributed by atoms with Crippen LogP contribution in [-0.4, -0.2) is 170 Å². The fourth-order valence-electron chi connectivity index (χ4n) is 15.0. The Balaban J connectivity index is 1.000. The number of fused-ring (bicyclic) bond motifs is 7. The molecule has 3 saturated heterocycles. The largest absolute Gasteiger partial charge is 0.481 e. The number of hydrogen-bond acceptors (Lipinski definition) is 17. The number of allylic oxidation sites excluding steroid dienone is 2. The Morgan fingerprint density at radius 2 is 1.39 bits per heavy atom. The standard InChI is InChI=1S/C49H78O18/c1-23-32(53)39(67-40-35(56)33(54)27(52)20-62-40)37(58)42(63-23)66-38-28(21-61-24(2)51)64-41(36(57)34(38)55)65-31-12-13-45(5)29(46(31,6)22-50)11-14-48(8)30(45)10-9-25-26-19-44(3,4)15-17-49(26,43(59)60)18-16-47(25,48)7/h9,23,26-42,50,52-58H,10-22H2,1-8H3,(H,59,60)/t23-,26+,27-,28+,29+,30-,31+,32-,33-,34+,35+,36+,37+,38+,39+,40+,41-,42+,45+,46+,47-,48-,49+/m1/s1. The van der Waals surface area contributed by atoms with Crippen molar-refractivity contribution in [1.82, 2.24) is 0 Å². The lowest BCUT2D eigenvalue weighted by Gasteiger charge is -2.71. The molecule has 9 N–H and O–H groups in total. The predicted molar refractivity (Wildman–Crippen MR) is 234 cm³/mol. The molecule has 0 bridgehead atoms. The molecule has 18 nitrogen and oxygen atoms in total. The summed E-state index contributed by atoms with van der Waals surface area (Å²) in [4.78, 5) is 25.2. The summed E-state index contributed by atoms with van der Waals surface area (Å²) in [5.74, 6) is -1.12. The lowest BCUT2D eigenvalue weighted by atomic mass is 9.33. The molecule has 0 spiro atoms. The van der Waals surface area contributed by atoms with Crippen molar-refractivity contribution < 1.29 is 88.7 Å². The summed E-state index contributed by atoms with van der Waals surface area (Å²) < 4.78 is 41.3. The van der Waals surface area contributed by atoms with Crippen molar-refractivity contribution in [2.24, 2.45) is 50.2 Å². The van der Waals surface area contributed by atoms with Gasteiger partial charge in [-0.25, -0.2) is 0 Å². The van der Waals surface area contributed by atoms with E-state index in [1.807, 2.05) is 6.92 Å². The van der Waals surface area contributed by atoms with Gasteiger partial charge in [-0.05, 0) is 111 Å². The maximum atomic E-state index is 13.1. The van der Waals surface area contributed by atoms with Crippen molar-refractivity contribution >= 4 is 11.9 Å². The molecule has 0 aromatic carbocycles. The summed E-state index contributed by atoms with van der Waals surface area (Å²) in [6.07, 6.45) is -12.2. The molecule has 0 aromatic rings. The number of aliphatic carboxylic acids is 1. The SMILES string of the molecule is CC(=O)OC[C@@H]1O[C@H](O[C@H]2CC[C@@]3(C)[C@H](CC[C@]4(C)[C@@H]3CC=C3[C@@H]5CC(C)(C)CC[C@]5(C(=O)O)CC[C@]34C)[C@]2(C)CO)[C@@H](O)[C@H](O)[C@H]1O[C@@H]1O[C@H](C)[C@@H](O)[C@H](O[C@@H]2OC[C@@H](O)[C@@H](O)[C@@H]2O)[C@@H]1O. The number of aliphatic hydroxyl groups is 8. The normalized spacial score (nSPS) is 52.9. The van der Waals surface area contributed by atoms with Crippen molar-refractivity contribution in [2.45, 2.75) is 212 Å². The molecule has 67 heavy (non-hydrogen) atoms. The second kappa shape index (κ2) is 18.3. The fraction of sp³-hybridized carbons (Fsp3) is 0.918. The van der Waals surface area contributed by atoms with Crippen molar-refractivity contribution in [3.8, 4) is 0 Å². The van der Waals surface area contributed by atoms with E-state index in [9.17, 15) is 55.5 Å². The number of esters is 1. The highest BCUT2D eigenvalue weighted by molar-refractivity contribution is 5.76. The Kier molecular flexibility index (Phi) is 14.1. The number of rotatable bonds is 10. The van der Waals surface area contributed by atoms with E-state index in [-0.39, 0.29) is 46.0 Å². The van der Waals surface area contributed by atoms with E-state index in [1.165, 1.54) is 19.4 Å². The zero-order valence-corrected chi connectivity index (χ0v) is 40.4. The van der Waals surface area contributed by atoms with Crippen molar-refractivity contribution in [3.05, 3.63) is 11.6 Å². The maximum absolute atomic E-state index is 13.1. The third kappa shape index (κ3) is 8.35. The van der Waals surface area contributed by atoms with Gasteiger partial charge in [0.15, 0.2) is 18.9 Å². The van der Waals surface area contributed by atoms with E-state index >= 15 is 0 Å². The van der Waals surface area contributed by atoms with Gasteiger partial charge >= 0.3 is 11.9 Å². The fourth-order valence-corrected chi connectivity index (χ4v) is 15.0. The quantitative estimate of drug-likeness (QED) is 0.0859. The lowest BCUT2D eigenvalue weighted by molar-refractivity contribution is -0.379. The first-order chi connectivity index (χ1) is 31.3. The number of carbonyl (C=O) groups excluding carboxylic acids is 1. The molecule has 382 valence electrons. The molecule has 0 amide bonds. The number of carboxylic acids is 1. The Bertz CT molecular complexity index is 1860. The van der Waals surface area contributed by atoms with Crippen LogP contribution in [0.4, 0.5) is 0 Å². The third-order valence-electron chi connectivity index (χ3n) is 19.4. The monoisotopic (exact) mass is 955 g/mol. The highest BCUT2D eigenvalue weighted by atomic mass is 16.8. The minimum atomic E-state index is -1.80. The van der Waals surface area contributed by atoms with Gasteiger partial charge in [0.25, 0.3) is 0 Å². The first-order valence-corrected chi connectivity index (χ1v) is 24.6. The molecular formula is C49H78O18. The molecule has 7 fully saturated rings. The van der Waals surface area contributed by atoms with E-state index in [2.05, 4.69) is 40.7 Å². The van der Waals surface area contributed by atoms with Crippen LogP contribution < -0.4 is 0 Å². The summed E-state index contributed by atoms with van der Waals surface area (Å²) in [6, 6.07) is 0. The number of aliphatic hydroxyl groups excluding tert-OH is 8. The molecule has 0 unspecified atom stereocenters. The Morgan fingerprint density at radius 1 is 0.731 bits per heavy atom. The van der Waals surface area contributed by atoms with Crippen molar-refractivity contribution in [1.29, 1.82) is 0 Å². The van der Waals surface area contributed by atoms with E-state index in [1.54, 1.807) is 0 Å². The molecule has 8 aliphatic rings. The van der Waals surface area contributed by atoms with Gasteiger partial charge in [0.05, 0.1) is 30.8 Å². The minimum absolute atomic E-state index is 0.0130. The second-order valence-electron chi connectivity index (χ2n) is 23.5. The lowest BCUT2D eigenvalue weighted by Crippen LogP contribution is -2.67. The molecule has 0 radical (unpaired) electrons. The van der Waals surface area contributed by atoms with Crippen LogP contribution in [0.1, 0.15) is 120 Å². The Morgan fingerprint density at radius 3 is 2.06 bits per heavy atom. The molecule has 0 aromatic heterocycles. The van der Waals surface area contributed by atoms with Crippen LogP contribution in [0.2, 0.25) is 0 Å². The van der Waals surface area contributed by atoms with E-state index in [4.69, 9.17) is 33.2 Å². The summed E-state index contributed by atoms with van der Waals surface area (Å²) in [6.45, 7) is 15.3. The highest BCUT2D eigenvalue weighted by Gasteiger charge is 2.70. The average molecular weight is 955 g/mol. The molecule has 18 heteroatoms. The van der Waals surface area contributed by atoms with Crippen LogP contribution in [0.15, 0.2) is 11.6 Å². The summed E-state index contributed by atoms with van der Waals surface area (Å²) in [7, 11) is 0. The van der Waals surface area contributed by atoms with Crippen LogP contribution in [0.25, 0.3) is 0 Å². The summed E-state index contributed by atoms with van der Waals surface area (Å²) in [5.41, 5.74) is -0.724.